The summed E-state index contributed by atoms with van der Waals surface area (Å²) in [6.07, 6.45) is 4.74. The highest BCUT2D eigenvalue weighted by Crippen LogP contribution is 2.36. The van der Waals surface area contributed by atoms with E-state index in [0.29, 0.717) is 18.1 Å². The van der Waals surface area contributed by atoms with E-state index in [1.807, 2.05) is 0 Å². The third-order valence-corrected chi connectivity index (χ3v) is 4.11. The highest BCUT2D eigenvalue weighted by atomic mass is 16.4. The molecule has 0 aromatic carbocycles. The number of urea groups is 1. The van der Waals surface area contributed by atoms with Gasteiger partial charge in [-0.05, 0) is 31.2 Å². The number of carboxylic acids is 1. The van der Waals surface area contributed by atoms with Crippen molar-refractivity contribution in [1.29, 1.82) is 0 Å². The van der Waals surface area contributed by atoms with Gasteiger partial charge in [-0.2, -0.15) is 0 Å². The van der Waals surface area contributed by atoms with Gasteiger partial charge in [-0.1, -0.05) is 19.8 Å². The van der Waals surface area contributed by atoms with E-state index in [1.54, 1.807) is 6.92 Å². The Bertz CT molecular complexity index is 530. The van der Waals surface area contributed by atoms with Crippen molar-refractivity contribution in [2.75, 3.05) is 6.54 Å². The molecule has 2 amide bonds. The van der Waals surface area contributed by atoms with Crippen LogP contribution in [0.3, 0.4) is 0 Å². The average molecular weight is 294 g/mol. The molecule has 1 aliphatic rings. The van der Waals surface area contributed by atoms with Crippen LogP contribution < -0.4 is 10.6 Å². The van der Waals surface area contributed by atoms with Crippen LogP contribution in [-0.4, -0.2) is 23.7 Å². The number of nitrogens with one attached hydrogen (secondary N) is 2. The zero-order valence-electron chi connectivity index (χ0n) is 12.5. The van der Waals surface area contributed by atoms with Gasteiger partial charge in [-0.25, -0.2) is 9.59 Å². The number of hydrogen-bond acceptors (Lipinski definition) is 3. The highest BCUT2D eigenvalue weighted by Gasteiger charge is 2.28. The lowest BCUT2D eigenvalue weighted by Crippen LogP contribution is -2.40. The van der Waals surface area contributed by atoms with E-state index in [0.717, 1.165) is 12.8 Å². The summed E-state index contributed by atoms with van der Waals surface area (Å²) in [4.78, 5) is 22.7. The molecule has 1 heterocycles. The van der Waals surface area contributed by atoms with E-state index in [4.69, 9.17) is 9.52 Å². The highest BCUT2D eigenvalue weighted by molar-refractivity contribution is 5.88. The van der Waals surface area contributed by atoms with Gasteiger partial charge in [0.25, 0.3) is 0 Å². The SMILES string of the molecule is Cc1oc(CNC(=O)NCC2(C)CCCC2)cc1C(=O)O. The van der Waals surface area contributed by atoms with Crippen molar-refractivity contribution < 1.29 is 19.1 Å². The Hall–Kier alpha value is -1.98. The van der Waals surface area contributed by atoms with E-state index in [1.165, 1.54) is 18.9 Å². The van der Waals surface area contributed by atoms with Crippen LogP contribution in [0.5, 0.6) is 0 Å². The molecule has 0 atom stereocenters. The fourth-order valence-electron chi connectivity index (χ4n) is 2.77. The zero-order chi connectivity index (χ0) is 15.5. The first-order valence-electron chi connectivity index (χ1n) is 7.24. The van der Waals surface area contributed by atoms with Crippen LogP contribution in [0.4, 0.5) is 4.79 Å². The fraction of sp³-hybridized carbons (Fsp3) is 0.600. The summed E-state index contributed by atoms with van der Waals surface area (Å²) in [7, 11) is 0. The molecule has 0 bridgehead atoms. The van der Waals surface area contributed by atoms with Gasteiger partial charge < -0.3 is 20.2 Å². The minimum atomic E-state index is -1.03. The second-order valence-corrected chi connectivity index (χ2v) is 6.04. The molecule has 6 nitrogen and oxygen atoms in total. The van der Waals surface area contributed by atoms with E-state index in [-0.39, 0.29) is 23.6 Å². The van der Waals surface area contributed by atoms with Gasteiger partial charge in [0.15, 0.2) is 0 Å². The lowest BCUT2D eigenvalue weighted by Gasteiger charge is -2.23. The predicted octanol–water partition coefficient (Wildman–Crippen LogP) is 2.67. The number of hydrogen-bond donors (Lipinski definition) is 3. The summed E-state index contributed by atoms with van der Waals surface area (Å²) >= 11 is 0. The molecule has 0 unspecified atom stereocenters. The summed E-state index contributed by atoms with van der Waals surface area (Å²) in [6, 6.07) is 1.19. The third-order valence-electron chi connectivity index (χ3n) is 4.11. The number of furan rings is 1. The van der Waals surface area contributed by atoms with Crippen molar-refractivity contribution >= 4 is 12.0 Å². The maximum absolute atomic E-state index is 11.8. The standard InChI is InChI=1S/C15H22N2O4/c1-10-12(13(18)19)7-11(21-10)8-16-14(20)17-9-15(2)5-3-4-6-15/h7H,3-6,8-9H2,1-2H3,(H,18,19)(H2,16,17,20). The first kappa shape index (κ1) is 15.4. The predicted molar refractivity (Wildman–Crippen MR) is 77.2 cm³/mol. The Morgan fingerprint density at radius 1 is 1.33 bits per heavy atom. The van der Waals surface area contributed by atoms with Crippen LogP contribution >= 0.6 is 0 Å². The van der Waals surface area contributed by atoms with Crippen LogP contribution in [0.15, 0.2) is 10.5 Å². The number of carboxylic acid groups (broad SMARTS) is 1. The molecule has 6 heteroatoms. The van der Waals surface area contributed by atoms with Crippen LogP contribution in [0, 0.1) is 12.3 Å². The van der Waals surface area contributed by atoms with E-state index in [9.17, 15) is 9.59 Å². The molecule has 0 spiro atoms. The van der Waals surface area contributed by atoms with Crippen LogP contribution in [0.2, 0.25) is 0 Å². The van der Waals surface area contributed by atoms with Crippen molar-refractivity contribution in [3.8, 4) is 0 Å². The van der Waals surface area contributed by atoms with E-state index >= 15 is 0 Å². The molecular formula is C15H22N2O4. The monoisotopic (exact) mass is 294 g/mol. The molecule has 21 heavy (non-hydrogen) atoms. The van der Waals surface area contributed by atoms with Gasteiger partial charge in [0, 0.05) is 6.54 Å². The summed E-state index contributed by atoms with van der Waals surface area (Å²) in [5.74, 6) is -0.244. The van der Waals surface area contributed by atoms with E-state index < -0.39 is 5.97 Å². The largest absolute Gasteiger partial charge is 0.478 e. The summed E-state index contributed by atoms with van der Waals surface area (Å²) in [6.45, 7) is 4.62. The average Bonchev–Trinajstić information content (AvgIpc) is 3.01. The van der Waals surface area contributed by atoms with Crippen LogP contribution in [-0.2, 0) is 6.54 Å². The van der Waals surface area contributed by atoms with Crippen molar-refractivity contribution in [2.45, 2.75) is 46.1 Å². The fourth-order valence-corrected chi connectivity index (χ4v) is 2.77. The molecule has 0 radical (unpaired) electrons. The lowest BCUT2D eigenvalue weighted by molar-refractivity contribution is 0.0695. The lowest BCUT2D eigenvalue weighted by atomic mass is 9.89. The molecule has 1 fully saturated rings. The maximum atomic E-state index is 11.8. The maximum Gasteiger partial charge on any atom is 0.339 e. The van der Waals surface area contributed by atoms with Gasteiger partial charge in [0.05, 0.1) is 6.54 Å². The van der Waals surface area contributed by atoms with Gasteiger partial charge in [0.2, 0.25) is 0 Å². The quantitative estimate of drug-likeness (QED) is 0.778. The Balaban J connectivity index is 1.78. The molecule has 0 saturated heterocycles. The smallest absolute Gasteiger partial charge is 0.339 e. The zero-order valence-corrected chi connectivity index (χ0v) is 12.5. The minimum absolute atomic E-state index is 0.130. The molecule has 1 aliphatic carbocycles. The van der Waals surface area contributed by atoms with Crippen LogP contribution in [0.1, 0.15) is 54.5 Å². The van der Waals surface area contributed by atoms with Crippen LogP contribution in [0.25, 0.3) is 0 Å². The van der Waals surface area contributed by atoms with Gasteiger partial charge >= 0.3 is 12.0 Å². The minimum Gasteiger partial charge on any atom is -0.478 e. The van der Waals surface area contributed by atoms with Gasteiger partial charge in [-0.3, -0.25) is 0 Å². The first-order valence-corrected chi connectivity index (χ1v) is 7.24. The molecule has 1 saturated carbocycles. The summed E-state index contributed by atoms with van der Waals surface area (Å²) in [5.41, 5.74) is 0.334. The Kier molecular flexibility index (Phi) is 4.55. The van der Waals surface area contributed by atoms with Crippen molar-refractivity contribution in [3.63, 3.8) is 0 Å². The second-order valence-electron chi connectivity index (χ2n) is 6.04. The Labute approximate surface area is 123 Å². The molecule has 1 aromatic heterocycles. The Morgan fingerprint density at radius 3 is 2.57 bits per heavy atom. The van der Waals surface area contributed by atoms with Crippen molar-refractivity contribution in [2.24, 2.45) is 5.41 Å². The van der Waals surface area contributed by atoms with Crippen molar-refractivity contribution in [3.05, 3.63) is 23.2 Å². The molecule has 2 rings (SSSR count). The number of carbonyl (C=O) groups is 2. The number of aromatic carboxylic acids is 1. The number of carbonyl (C=O) groups excluding carboxylic acids is 1. The summed E-state index contributed by atoms with van der Waals surface area (Å²) < 4.78 is 5.30. The number of rotatable bonds is 5. The molecular weight excluding hydrogens is 272 g/mol. The molecule has 1 aromatic rings. The van der Waals surface area contributed by atoms with Gasteiger partial charge in [-0.15, -0.1) is 0 Å². The van der Waals surface area contributed by atoms with E-state index in [2.05, 4.69) is 17.6 Å². The van der Waals surface area contributed by atoms with Gasteiger partial charge in [0.1, 0.15) is 17.1 Å². The molecule has 0 aliphatic heterocycles. The Morgan fingerprint density at radius 2 is 2.00 bits per heavy atom. The number of aryl methyl sites for hydroxylation is 1. The summed E-state index contributed by atoms with van der Waals surface area (Å²) in [5, 5.41) is 14.5. The second kappa shape index (κ2) is 6.20. The molecule has 116 valence electrons. The molecule has 3 N–H and O–H groups in total. The topological polar surface area (TPSA) is 91.6 Å². The third kappa shape index (κ3) is 4.00. The number of amides is 2. The van der Waals surface area contributed by atoms with Crippen molar-refractivity contribution in [1.82, 2.24) is 10.6 Å². The normalized spacial score (nSPS) is 16.7. The first-order chi connectivity index (χ1) is 9.89.